The first-order valence-electron chi connectivity index (χ1n) is 5.49. The van der Waals surface area contributed by atoms with E-state index in [4.69, 9.17) is 21.5 Å². The van der Waals surface area contributed by atoms with Crippen LogP contribution >= 0.6 is 11.6 Å². The van der Waals surface area contributed by atoms with Crippen LogP contribution in [0.1, 0.15) is 24.0 Å². The summed E-state index contributed by atoms with van der Waals surface area (Å²) in [5.74, 6) is 1.38. The van der Waals surface area contributed by atoms with Crippen molar-refractivity contribution < 1.29 is 9.94 Å². The first-order valence-corrected chi connectivity index (χ1v) is 5.87. The van der Waals surface area contributed by atoms with E-state index in [1.807, 2.05) is 19.1 Å². The lowest BCUT2D eigenvalue weighted by molar-refractivity contribution is 0.159. The average Bonchev–Trinajstić information content (AvgIpc) is 3.00. The van der Waals surface area contributed by atoms with Gasteiger partial charge in [0.15, 0.2) is 0 Å². The van der Waals surface area contributed by atoms with E-state index < -0.39 is 0 Å². The van der Waals surface area contributed by atoms with Crippen LogP contribution in [0.25, 0.3) is 0 Å². The number of hydroxylamine groups is 1. The van der Waals surface area contributed by atoms with Crippen molar-refractivity contribution in [2.45, 2.75) is 26.3 Å². The largest absolute Gasteiger partial charge is 0.491 e. The van der Waals surface area contributed by atoms with Crippen molar-refractivity contribution in [3.63, 3.8) is 0 Å². The van der Waals surface area contributed by atoms with Gasteiger partial charge in [0.1, 0.15) is 5.75 Å². The van der Waals surface area contributed by atoms with Gasteiger partial charge in [0.25, 0.3) is 0 Å². The number of hydrogen-bond acceptors (Lipinski definition) is 3. The zero-order valence-corrected chi connectivity index (χ0v) is 10.0. The highest BCUT2D eigenvalue weighted by Crippen LogP contribution is 2.34. The second-order valence-electron chi connectivity index (χ2n) is 4.32. The first kappa shape index (κ1) is 11.7. The summed E-state index contributed by atoms with van der Waals surface area (Å²) < 4.78 is 5.72. The van der Waals surface area contributed by atoms with Gasteiger partial charge in [-0.25, -0.2) is 5.48 Å². The lowest BCUT2D eigenvalue weighted by Gasteiger charge is -2.13. The highest BCUT2D eigenvalue weighted by Gasteiger charge is 2.23. The molecule has 1 aliphatic carbocycles. The number of nitrogens with one attached hydrogen (secondary N) is 1. The third-order valence-corrected chi connectivity index (χ3v) is 2.98. The third-order valence-electron chi connectivity index (χ3n) is 2.69. The van der Waals surface area contributed by atoms with Crippen LogP contribution in [0.4, 0.5) is 0 Å². The molecule has 0 radical (unpaired) electrons. The van der Waals surface area contributed by atoms with Gasteiger partial charge >= 0.3 is 0 Å². The molecule has 0 bridgehead atoms. The molecule has 2 rings (SSSR count). The van der Waals surface area contributed by atoms with Gasteiger partial charge in [0.2, 0.25) is 0 Å². The topological polar surface area (TPSA) is 41.5 Å². The first-order chi connectivity index (χ1) is 7.70. The van der Waals surface area contributed by atoms with Crippen molar-refractivity contribution in [2.24, 2.45) is 5.92 Å². The number of benzene rings is 1. The fourth-order valence-corrected chi connectivity index (χ4v) is 2.01. The Hall–Kier alpha value is -0.770. The molecular weight excluding hydrogens is 226 g/mol. The van der Waals surface area contributed by atoms with Crippen LogP contribution in [0.2, 0.25) is 5.02 Å². The second kappa shape index (κ2) is 5.04. The van der Waals surface area contributed by atoms with Gasteiger partial charge in [-0.15, -0.1) is 0 Å². The molecule has 88 valence electrons. The molecule has 0 spiro atoms. The number of halogens is 1. The molecule has 0 amide bonds. The molecule has 0 unspecified atom stereocenters. The van der Waals surface area contributed by atoms with E-state index in [9.17, 15) is 0 Å². The van der Waals surface area contributed by atoms with Crippen LogP contribution in [0, 0.1) is 12.8 Å². The van der Waals surface area contributed by atoms with Gasteiger partial charge in [-0.3, -0.25) is 0 Å². The van der Waals surface area contributed by atoms with Crippen LogP contribution in [-0.2, 0) is 6.54 Å². The maximum absolute atomic E-state index is 8.77. The smallest absolute Gasteiger partial charge is 0.142 e. The Bertz CT molecular complexity index is 378. The summed E-state index contributed by atoms with van der Waals surface area (Å²) in [7, 11) is 0. The van der Waals surface area contributed by atoms with Gasteiger partial charge in [-0.2, -0.15) is 0 Å². The van der Waals surface area contributed by atoms with E-state index in [0.29, 0.717) is 23.2 Å². The quantitative estimate of drug-likeness (QED) is 0.779. The Kier molecular flexibility index (Phi) is 3.69. The number of hydrogen-bond donors (Lipinski definition) is 2. The zero-order valence-electron chi connectivity index (χ0n) is 9.29. The van der Waals surface area contributed by atoms with Crippen molar-refractivity contribution >= 4 is 11.6 Å². The molecule has 0 atom stereocenters. The Morgan fingerprint density at radius 1 is 1.50 bits per heavy atom. The van der Waals surface area contributed by atoms with Crippen LogP contribution in [0.5, 0.6) is 5.75 Å². The maximum atomic E-state index is 8.77. The van der Waals surface area contributed by atoms with Crippen molar-refractivity contribution in [1.82, 2.24) is 5.48 Å². The van der Waals surface area contributed by atoms with E-state index in [1.54, 1.807) is 0 Å². The molecule has 1 aliphatic rings. The summed E-state index contributed by atoms with van der Waals surface area (Å²) in [6, 6.07) is 3.85. The van der Waals surface area contributed by atoms with Gasteiger partial charge in [0.05, 0.1) is 11.6 Å². The van der Waals surface area contributed by atoms with Crippen molar-refractivity contribution in [3.05, 3.63) is 28.3 Å². The molecular formula is C12H16ClNO2. The summed E-state index contributed by atoms with van der Waals surface area (Å²) in [6.07, 6.45) is 2.49. The fourth-order valence-electron chi connectivity index (χ4n) is 1.66. The van der Waals surface area contributed by atoms with Crippen LogP contribution in [-0.4, -0.2) is 11.8 Å². The molecule has 1 aromatic carbocycles. The molecule has 0 saturated heterocycles. The van der Waals surface area contributed by atoms with Crippen LogP contribution in [0.3, 0.4) is 0 Å². The summed E-state index contributed by atoms with van der Waals surface area (Å²) in [5, 5.41) is 9.38. The molecule has 1 saturated carbocycles. The monoisotopic (exact) mass is 241 g/mol. The van der Waals surface area contributed by atoms with Gasteiger partial charge < -0.3 is 9.94 Å². The Labute approximate surface area is 100 Å². The lowest BCUT2D eigenvalue weighted by Crippen LogP contribution is -2.10. The predicted molar refractivity (Wildman–Crippen MR) is 63.0 cm³/mol. The molecule has 16 heavy (non-hydrogen) atoms. The van der Waals surface area contributed by atoms with E-state index in [1.165, 1.54) is 12.8 Å². The van der Waals surface area contributed by atoms with Crippen molar-refractivity contribution in [3.8, 4) is 5.75 Å². The SMILES string of the molecule is Cc1cc(Cl)c(OCC2CC2)c(CNO)c1. The highest BCUT2D eigenvalue weighted by atomic mass is 35.5. The second-order valence-corrected chi connectivity index (χ2v) is 4.73. The minimum absolute atomic E-state index is 0.349. The number of aryl methyl sites for hydroxylation is 1. The Morgan fingerprint density at radius 3 is 2.88 bits per heavy atom. The van der Waals surface area contributed by atoms with Crippen molar-refractivity contribution in [1.29, 1.82) is 0 Å². The lowest BCUT2D eigenvalue weighted by atomic mass is 10.1. The molecule has 0 heterocycles. The number of rotatable bonds is 5. The summed E-state index contributed by atoms with van der Waals surface area (Å²) >= 11 is 6.14. The normalized spacial score (nSPS) is 15.2. The Balaban J connectivity index is 2.16. The van der Waals surface area contributed by atoms with Gasteiger partial charge in [-0.05, 0) is 37.3 Å². The third kappa shape index (κ3) is 2.88. The molecule has 1 fully saturated rings. The molecule has 1 aromatic rings. The standard InChI is InChI=1S/C12H16ClNO2/c1-8-4-10(6-14-15)12(11(13)5-8)16-7-9-2-3-9/h4-5,9,14-15H,2-3,6-7H2,1H3. The van der Waals surface area contributed by atoms with Gasteiger partial charge in [-0.1, -0.05) is 17.7 Å². The molecule has 4 heteroatoms. The number of ether oxygens (including phenoxy) is 1. The van der Waals surface area contributed by atoms with E-state index in [-0.39, 0.29) is 0 Å². The van der Waals surface area contributed by atoms with E-state index in [0.717, 1.165) is 17.7 Å². The van der Waals surface area contributed by atoms with Crippen LogP contribution < -0.4 is 10.2 Å². The van der Waals surface area contributed by atoms with Gasteiger partial charge in [0, 0.05) is 12.1 Å². The summed E-state index contributed by atoms with van der Waals surface area (Å²) in [5.41, 5.74) is 4.10. The molecule has 3 nitrogen and oxygen atoms in total. The van der Waals surface area contributed by atoms with Crippen LogP contribution in [0.15, 0.2) is 12.1 Å². The maximum Gasteiger partial charge on any atom is 0.142 e. The molecule has 0 aromatic heterocycles. The predicted octanol–water partition coefficient (Wildman–Crippen LogP) is 2.92. The Morgan fingerprint density at radius 2 is 2.25 bits per heavy atom. The summed E-state index contributed by atoms with van der Waals surface area (Å²) in [4.78, 5) is 0. The van der Waals surface area contributed by atoms with Crippen molar-refractivity contribution in [2.75, 3.05) is 6.61 Å². The zero-order chi connectivity index (χ0) is 11.5. The highest BCUT2D eigenvalue weighted by molar-refractivity contribution is 6.32. The minimum atomic E-state index is 0.349. The average molecular weight is 242 g/mol. The van der Waals surface area contributed by atoms with E-state index in [2.05, 4.69) is 5.48 Å². The minimum Gasteiger partial charge on any atom is -0.491 e. The van der Waals surface area contributed by atoms with E-state index >= 15 is 0 Å². The fraction of sp³-hybridized carbons (Fsp3) is 0.500. The summed E-state index contributed by atoms with van der Waals surface area (Å²) in [6.45, 7) is 3.04. The molecule has 2 N–H and O–H groups in total. The molecule has 0 aliphatic heterocycles.